The topological polar surface area (TPSA) is 102 Å². The maximum absolute atomic E-state index is 15.0. The molecule has 3 N–H and O–H groups in total. The van der Waals surface area contributed by atoms with Crippen LogP contribution in [0.15, 0.2) is 36.4 Å². The third kappa shape index (κ3) is 6.68. The first-order chi connectivity index (χ1) is 19.6. The van der Waals surface area contributed by atoms with Crippen molar-refractivity contribution in [3.8, 4) is 11.3 Å². The highest BCUT2D eigenvalue weighted by Gasteiger charge is 2.27. The highest BCUT2D eigenvalue weighted by molar-refractivity contribution is 5.96. The lowest BCUT2D eigenvalue weighted by Gasteiger charge is -2.25. The fourth-order valence-corrected chi connectivity index (χ4v) is 5.05. The van der Waals surface area contributed by atoms with Crippen LogP contribution in [0, 0.1) is 18.6 Å². The normalized spacial score (nSPS) is 15.3. The van der Waals surface area contributed by atoms with Crippen LogP contribution < -0.4 is 20.9 Å². The number of hydrogen-bond acceptors (Lipinski definition) is 7. The molecule has 0 aliphatic carbocycles. The molecule has 1 aromatic heterocycles. The number of nitrogens with zero attached hydrogens (tertiary/aromatic N) is 4. The molecule has 1 saturated heterocycles. The van der Waals surface area contributed by atoms with Crippen LogP contribution in [0.4, 0.5) is 26.2 Å². The van der Waals surface area contributed by atoms with Crippen molar-refractivity contribution in [1.82, 2.24) is 25.5 Å². The summed E-state index contributed by atoms with van der Waals surface area (Å²) in [5, 5.41) is 9.25. The molecule has 1 aliphatic rings. The standard InChI is InChI=1S/C30H37F2N7O2/c1-18(2)35-29(41)20-12-11-19(3)22(14-20)26-23(16-33-4)28(39(17-40)27-24(31)9-6-10-25(27)32)37-30(36-26)34-15-21-8-7-13-38(21)5/h6,9-12,14,17-18,21,33H,7-8,13,15-16H2,1-5H3,(H,35,41)(H,34,36,37). The Bertz CT molecular complexity index is 1400. The Labute approximate surface area is 239 Å². The number of carbonyl (C=O) groups is 2. The van der Waals surface area contributed by atoms with Crippen LogP contribution in [0.2, 0.25) is 0 Å². The zero-order valence-corrected chi connectivity index (χ0v) is 24.1. The number of para-hydroxylation sites is 1. The molecule has 2 amide bonds. The van der Waals surface area contributed by atoms with Crippen molar-refractivity contribution in [2.75, 3.05) is 37.4 Å². The molecule has 0 spiro atoms. The van der Waals surface area contributed by atoms with Gasteiger partial charge in [-0.3, -0.25) is 14.5 Å². The highest BCUT2D eigenvalue weighted by atomic mass is 19.1. The van der Waals surface area contributed by atoms with Gasteiger partial charge < -0.3 is 20.9 Å². The molecule has 2 aromatic carbocycles. The van der Waals surface area contributed by atoms with E-state index in [1.807, 2.05) is 26.8 Å². The van der Waals surface area contributed by atoms with Crippen molar-refractivity contribution in [2.24, 2.45) is 0 Å². The van der Waals surface area contributed by atoms with Gasteiger partial charge in [-0.2, -0.15) is 4.98 Å². The molecule has 0 radical (unpaired) electrons. The Balaban J connectivity index is 1.92. The molecule has 0 bridgehead atoms. The van der Waals surface area contributed by atoms with Crippen LogP contribution in [0.25, 0.3) is 11.3 Å². The number of amides is 2. The van der Waals surface area contributed by atoms with Crippen LogP contribution in [-0.2, 0) is 11.3 Å². The molecule has 218 valence electrons. The van der Waals surface area contributed by atoms with E-state index in [1.165, 1.54) is 6.07 Å². The van der Waals surface area contributed by atoms with Gasteiger partial charge in [-0.1, -0.05) is 12.1 Å². The molecule has 9 nitrogen and oxygen atoms in total. The molecule has 1 aliphatic heterocycles. The zero-order valence-electron chi connectivity index (χ0n) is 24.1. The van der Waals surface area contributed by atoms with Crippen molar-refractivity contribution >= 4 is 29.8 Å². The second kappa shape index (κ2) is 13.1. The van der Waals surface area contributed by atoms with E-state index in [4.69, 9.17) is 4.98 Å². The van der Waals surface area contributed by atoms with E-state index in [0.29, 0.717) is 35.3 Å². The molecular weight excluding hydrogens is 528 g/mol. The summed E-state index contributed by atoms with van der Waals surface area (Å²) in [5.74, 6) is -1.81. The average molecular weight is 566 g/mol. The van der Waals surface area contributed by atoms with Gasteiger partial charge in [0.1, 0.15) is 17.3 Å². The van der Waals surface area contributed by atoms with Crippen LogP contribution in [-0.4, -0.2) is 66.5 Å². The SMILES string of the molecule is CNCc1c(-c2cc(C(=O)NC(C)C)ccc2C)nc(NCC2CCCN2C)nc1N(C=O)c1c(F)cccc1F. The van der Waals surface area contributed by atoms with Gasteiger partial charge in [0.25, 0.3) is 5.91 Å². The number of rotatable bonds is 11. The molecule has 2 heterocycles. The predicted molar refractivity (Wildman–Crippen MR) is 156 cm³/mol. The zero-order chi connectivity index (χ0) is 29.7. The Hall–Kier alpha value is -3.96. The average Bonchev–Trinajstić information content (AvgIpc) is 3.34. The molecule has 11 heteroatoms. The van der Waals surface area contributed by atoms with Gasteiger partial charge in [-0.05, 0) is 84.1 Å². The van der Waals surface area contributed by atoms with E-state index in [1.54, 1.807) is 19.2 Å². The molecule has 4 rings (SSSR count). The van der Waals surface area contributed by atoms with Crippen LogP contribution >= 0.6 is 0 Å². The minimum absolute atomic E-state index is 0.0297. The van der Waals surface area contributed by atoms with Crippen molar-refractivity contribution in [1.29, 1.82) is 0 Å². The van der Waals surface area contributed by atoms with E-state index < -0.39 is 17.3 Å². The van der Waals surface area contributed by atoms with E-state index >= 15 is 0 Å². The molecule has 41 heavy (non-hydrogen) atoms. The van der Waals surface area contributed by atoms with Gasteiger partial charge in [-0.15, -0.1) is 0 Å². The van der Waals surface area contributed by atoms with Crippen molar-refractivity contribution in [2.45, 2.75) is 52.2 Å². The van der Waals surface area contributed by atoms with E-state index in [0.717, 1.165) is 42.0 Å². The largest absolute Gasteiger partial charge is 0.353 e. The maximum Gasteiger partial charge on any atom is 0.251 e. The number of aryl methyl sites for hydroxylation is 1. The number of aromatic nitrogens is 2. The van der Waals surface area contributed by atoms with E-state index in [9.17, 15) is 18.4 Å². The summed E-state index contributed by atoms with van der Waals surface area (Å²) in [6, 6.07) is 8.91. The summed E-state index contributed by atoms with van der Waals surface area (Å²) in [7, 11) is 3.77. The summed E-state index contributed by atoms with van der Waals surface area (Å²) >= 11 is 0. The molecule has 1 fully saturated rings. The monoisotopic (exact) mass is 565 g/mol. The third-order valence-electron chi connectivity index (χ3n) is 7.19. The Morgan fingerprint density at radius 1 is 1.20 bits per heavy atom. The first-order valence-corrected chi connectivity index (χ1v) is 13.7. The second-order valence-electron chi connectivity index (χ2n) is 10.6. The number of likely N-dealkylation sites (tertiary alicyclic amines) is 1. The van der Waals surface area contributed by atoms with Crippen LogP contribution in [0.5, 0.6) is 0 Å². The van der Waals surface area contributed by atoms with Gasteiger partial charge in [-0.25, -0.2) is 13.8 Å². The fourth-order valence-electron chi connectivity index (χ4n) is 5.05. The van der Waals surface area contributed by atoms with Crippen LogP contribution in [0.3, 0.4) is 0 Å². The molecule has 0 saturated carbocycles. The maximum atomic E-state index is 15.0. The van der Waals surface area contributed by atoms with Gasteiger partial charge in [0, 0.05) is 41.9 Å². The number of nitrogens with one attached hydrogen (secondary N) is 3. The van der Waals surface area contributed by atoms with Crippen molar-refractivity contribution in [3.05, 3.63) is 64.7 Å². The number of carbonyl (C=O) groups excluding carboxylic acids is 2. The van der Waals surface area contributed by atoms with Gasteiger partial charge >= 0.3 is 0 Å². The lowest BCUT2D eigenvalue weighted by molar-refractivity contribution is -0.106. The first kappa shape index (κ1) is 30.0. The lowest BCUT2D eigenvalue weighted by Crippen LogP contribution is -2.32. The number of anilines is 3. The van der Waals surface area contributed by atoms with E-state index in [2.05, 4.69) is 32.9 Å². The summed E-state index contributed by atoms with van der Waals surface area (Å²) in [6.45, 7) is 7.36. The lowest BCUT2D eigenvalue weighted by atomic mass is 9.98. The Morgan fingerprint density at radius 3 is 2.54 bits per heavy atom. The second-order valence-corrected chi connectivity index (χ2v) is 10.6. The van der Waals surface area contributed by atoms with Gasteiger partial charge in [0.2, 0.25) is 12.4 Å². The van der Waals surface area contributed by atoms with Gasteiger partial charge in [0.05, 0.1) is 5.69 Å². The quantitative estimate of drug-likeness (QED) is 0.297. The fraction of sp³-hybridized carbons (Fsp3) is 0.400. The Morgan fingerprint density at radius 2 is 1.93 bits per heavy atom. The van der Waals surface area contributed by atoms with Gasteiger partial charge in [0.15, 0.2) is 5.82 Å². The molecule has 1 unspecified atom stereocenters. The van der Waals surface area contributed by atoms with Crippen LogP contribution in [0.1, 0.15) is 48.2 Å². The molecule has 3 aromatic rings. The molecular formula is C30H37F2N7O2. The number of hydrogen-bond donors (Lipinski definition) is 3. The summed E-state index contributed by atoms with van der Waals surface area (Å²) in [4.78, 5) is 37.9. The highest BCUT2D eigenvalue weighted by Crippen LogP contribution is 2.37. The summed E-state index contributed by atoms with van der Waals surface area (Å²) in [6.07, 6.45) is 2.44. The first-order valence-electron chi connectivity index (χ1n) is 13.7. The van der Waals surface area contributed by atoms with Crippen molar-refractivity contribution < 1.29 is 18.4 Å². The smallest absolute Gasteiger partial charge is 0.251 e. The summed E-state index contributed by atoms with van der Waals surface area (Å²) in [5.41, 5.74) is 2.24. The Kier molecular flexibility index (Phi) is 9.61. The van der Waals surface area contributed by atoms with E-state index in [-0.39, 0.29) is 36.3 Å². The summed E-state index contributed by atoms with van der Waals surface area (Å²) < 4.78 is 29.9. The number of likely N-dealkylation sites (N-methyl/N-ethyl adjacent to an activating group) is 1. The minimum atomic E-state index is -0.904. The number of benzene rings is 2. The van der Waals surface area contributed by atoms with Crippen molar-refractivity contribution in [3.63, 3.8) is 0 Å². The number of halogens is 2. The molecule has 1 atom stereocenters. The minimum Gasteiger partial charge on any atom is -0.353 e. The third-order valence-corrected chi connectivity index (χ3v) is 7.19. The predicted octanol–water partition coefficient (Wildman–Crippen LogP) is 4.39.